The Morgan fingerprint density at radius 3 is 2.62 bits per heavy atom. The summed E-state index contributed by atoms with van der Waals surface area (Å²) in [5, 5.41) is 0.0000926. The molecule has 0 N–H and O–H groups in total. The SMILES string of the molecule is CC(C)[C@@H](SCc1ccco1)C(=O)N(C)C. The van der Waals surface area contributed by atoms with Crippen LogP contribution < -0.4 is 0 Å². The average molecular weight is 241 g/mol. The normalized spacial score (nSPS) is 12.8. The number of thioether (sulfide) groups is 1. The fourth-order valence-electron chi connectivity index (χ4n) is 1.37. The molecule has 16 heavy (non-hydrogen) atoms. The molecule has 0 spiro atoms. The molecule has 90 valence electrons. The van der Waals surface area contributed by atoms with Crippen molar-refractivity contribution in [3.8, 4) is 0 Å². The number of amides is 1. The molecule has 1 aromatic rings. The van der Waals surface area contributed by atoms with Crippen molar-refractivity contribution in [3.63, 3.8) is 0 Å². The maximum atomic E-state index is 11.9. The second-order valence-electron chi connectivity index (χ2n) is 4.29. The lowest BCUT2D eigenvalue weighted by molar-refractivity contribution is -0.128. The molecule has 1 atom stereocenters. The van der Waals surface area contributed by atoms with Gasteiger partial charge in [-0.3, -0.25) is 4.79 Å². The number of furan rings is 1. The van der Waals surface area contributed by atoms with Crippen LogP contribution in [0.1, 0.15) is 19.6 Å². The lowest BCUT2D eigenvalue weighted by Crippen LogP contribution is -2.34. The molecule has 1 aromatic heterocycles. The van der Waals surface area contributed by atoms with Gasteiger partial charge in [-0.25, -0.2) is 0 Å². The summed E-state index contributed by atoms with van der Waals surface area (Å²) in [7, 11) is 3.59. The molecule has 1 heterocycles. The Labute approximate surface area is 101 Å². The molecule has 3 nitrogen and oxygen atoms in total. The van der Waals surface area contributed by atoms with Crippen molar-refractivity contribution in [1.29, 1.82) is 0 Å². The maximum absolute atomic E-state index is 11.9. The molecule has 0 radical (unpaired) electrons. The lowest BCUT2D eigenvalue weighted by atomic mass is 10.1. The molecular formula is C12H19NO2S. The zero-order chi connectivity index (χ0) is 12.1. The van der Waals surface area contributed by atoms with Crippen LogP contribution >= 0.6 is 11.8 Å². The van der Waals surface area contributed by atoms with E-state index >= 15 is 0 Å². The summed E-state index contributed by atoms with van der Waals surface area (Å²) in [5.74, 6) is 2.17. The first-order valence-electron chi connectivity index (χ1n) is 5.37. The topological polar surface area (TPSA) is 33.5 Å². The van der Waals surface area contributed by atoms with E-state index in [4.69, 9.17) is 4.42 Å². The van der Waals surface area contributed by atoms with Gasteiger partial charge in [-0.1, -0.05) is 13.8 Å². The van der Waals surface area contributed by atoms with Gasteiger partial charge in [0.05, 0.1) is 17.3 Å². The summed E-state index contributed by atoms with van der Waals surface area (Å²) in [4.78, 5) is 13.6. The molecule has 0 aliphatic rings. The summed E-state index contributed by atoms with van der Waals surface area (Å²) in [6.45, 7) is 4.14. The molecule has 0 bridgehead atoms. The van der Waals surface area contributed by atoms with Crippen LogP contribution in [0.15, 0.2) is 22.8 Å². The lowest BCUT2D eigenvalue weighted by Gasteiger charge is -2.22. The van der Waals surface area contributed by atoms with E-state index in [1.54, 1.807) is 37.0 Å². The van der Waals surface area contributed by atoms with Crippen molar-refractivity contribution in [2.24, 2.45) is 5.92 Å². The van der Waals surface area contributed by atoms with E-state index in [1.807, 2.05) is 12.1 Å². The largest absolute Gasteiger partial charge is 0.468 e. The molecule has 0 fully saturated rings. The average Bonchev–Trinajstić information content (AvgIpc) is 2.69. The minimum absolute atomic E-state index is 0.0000926. The second kappa shape index (κ2) is 5.99. The fraction of sp³-hybridized carbons (Fsp3) is 0.583. The molecule has 1 rings (SSSR count). The maximum Gasteiger partial charge on any atom is 0.235 e. The molecule has 1 amide bonds. The highest BCUT2D eigenvalue weighted by Gasteiger charge is 2.24. The second-order valence-corrected chi connectivity index (χ2v) is 5.42. The van der Waals surface area contributed by atoms with Crippen LogP contribution in [-0.2, 0) is 10.5 Å². The number of rotatable bonds is 5. The minimum Gasteiger partial charge on any atom is -0.468 e. The van der Waals surface area contributed by atoms with E-state index in [2.05, 4.69) is 13.8 Å². The summed E-state index contributed by atoms with van der Waals surface area (Å²) in [5.41, 5.74) is 0. The molecule has 4 heteroatoms. The quantitative estimate of drug-likeness (QED) is 0.794. The Bertz CT molecular complexity index is 320. The van der Waals surface area contributed by atoms with Crippen LogP contribution in [0.5, 0.6) is 0 Å². The first kappa shape index (κ1) is 13.2. The van der Waals surface area contributed by atoms with Gasteiger partial charge in [0, 0.05) is 14.1 Å². The van der Waals surface area contributed by atoms with Gasteiger partial charge in [0.1, 0.15) is 5.76 Å². The number of hydrogen-bond donors (Lipinski definition) is 0. The van der Waals surface area contributed by atoms with E-state index in [9.17, 15) is 4.79 Å². The molecule has 0 aliphatic carbocycles. The van der Waals surface area contributed by atoms with Crippen molar-refractivity contribution >= 4 is 17.7 Å². The van der Waals surface area contributed by atoms with Gasteiger partial charge in [-0.05, 0) is 18.1 Å². The van der Waals surface area contributed by atoms with Crippen molar-refractivity contribution in [1.82, 2.24) is 4.90 Å². The standard InChI is InChI=1S/C12H19NO2S/c1-9(2)11(12(14)13(3)4)16-8-10-6-5-7-15-10/h5-7,9,11H,8H2,1-4H3/t11-/m1/s1. The monoisotopic (exact) mass is 241 g/mol. The van der Waals surface area contributed by atoms with Gasteiger partial charge in [0.2, 0.25) is 5.91 Å². The summed E-state index contributed by atoms with van der Waals surface area (Å²) in [6, 6.07) is 3.80. The molecule has 0 saturated carbocycles. The predicted octanol–water partition coefficient (Wildman–Crippen LogP) is 2.63. The Morgan fingerprint density at radius 1 is 1.50 bits per heavy atom. The molecule has 0 aromatic carbocycles. The number of hydrogen-bond acceptors (Lipinski definition) is 3. The van der Waals surface area contributed by atoms with Crippen molar-refractivity contribution in [2.45, 2.75) is 24.9 Å². The van der Waals surface area contributed by atoms with Crippen LogP contribution in [0.25, 0.3) is 0 Å². The van der Waals surface area contributed by atoms with Crippen LogP contribution in [-0.4, -0.2) is 30.2 Å². The Kier molecular flexibility index (Phi) is 4.93. The third kappa shape index (κ3) is 3.59. The Balaban J connectivity index is 2.55. The van der Waals surface area contributed by atoms with Gasteiger partial charge in [0.25, 0.3) is 0 Å². The van der Waals surface area contributed by atoms with Crippen molar-refractivity contribution in [3.05, 3.63) is 24.2 Å². The third-order valence-electron chi connectivity index (χ3n) is 2.27. The van der Waals surface area contributed by atoms with Gasteiger partial charge in [-0.2, -0.15) is 0 Å². The molecule has 0 saturated heterocycles. The zero-order valence-electron chi connectivity index (χ0n) is 10.3. The third-order valence-corrected chi connectivity index (χ3v) is 3.83. The molecule has 0 unspecified atom stereocenters. The summed E-state index contributed by atoms with van der Waals surface area (Å²) < 4.78 is 5.26. The summed E-state index contributed by atoms with van der Waals surface area (Å²) in [6.07, 6.45) is 1.66. The van der Waals surface area contributed by atoms with E-state index in [0.717, 1.165) is 11.5 Å². The number of carbonyl (C=O) groups is 1. The highest BCUT2D eigenvalue weighted by atomic mass is 32.2. The highest BCUT2D eigenvalue weighted by molar-refractivity contribution is 7.99. The van der Waals surface area contributed by atoms with Crippen molar-refractivity contribution in [2.75, 3.05) is 14.1 Å². The highest BCUT2D eigenvalue weighted by Crippen LogP contribution is 2.25. The van der Waals surface area contributed by atoms with Gasteiger partial charge >= 0.3 is 0 Å². The van der Waals surface area contributed by atoms with Crippen LogP contribution in [0.3, 0.4) is 0 Å². The van der Waals surface area contributed by atoms with Crippen LogP contribution in [0.4, 0.5) is 0 Å². The van der Waals surface area contributed by atoms with E-state index < -0.39 is 0 Å². The Morgan fingerprint density at radius 2 is 2.19 bits per heavy atom. The fourth-order valence-corrected chi connectivity index (χ4v) is 2.62. The van der Waals surface area contributed by atoms with E-state index in [1.165, 1.54) is 0 Å². The number of carbonyl (C=O) groups excluding carboxylic acids is 1. The van der Waals surface area contributed by atoms with Gasteiger partial charge in [0.15, 0.2) is 0 Å². The smallest absolute Gasteiger partial charge is 0.235 e. The molecule has 0 aliphatic heterocycles. The molecular weight excluding hydrogens is 222 g/mol. The van der Waals surface area contributed by atoms with Gasteiger partial charge in [-0.15, -0.1) is 11.8 Å². The summed E-state index contributed by atoms with van der Waals surface area (Å²) >= 11 is 1.64. The van der Waals surface area contributed by atoms with Crippen molar-refractivity contribution < 1.29 is 9.21 Å². The van der Waals surface area contributed by atoms with E-state index in [-0.39, 0.29) is 11.2 Å². The zero-order valence-corrected chi connectivity index (χ0v) is 11.1. The van der Waals surface area contributed by atoms with Gasteiger partial charge < -0.3 is 9.32 Å². The minimum atomic E-state index is 0.0000926. The first-order chi connectivity index (χ1) is 7.52. The Hall–Kier alpha value is -0.900. The van der Waals surface area contributed by atoms with Crippen LogP contribution in [0, 0.1) is 5.92 Å². The van der Waals surface area contributed by atoms with Crippen LogP contribution in [0.2, 0.25) is 0 Å². The first-order valence-corrected chi connectivity index (χ1v) is 6.42. The number of nitrogens with zero attached hydrogens (tertiary/aromatic N) is 1. The predicted molar refractivity (Wildman–Crippen MR) is 67.3 cm³/mol. The van der Waals surface area contributed by atoms with E-state index in [0.29, 0.717) is 5.92 Å².